The first-order valence-corrected chi connectivity index (χ1v) is 5.81. The molecular formula is C14H14N4. The van der Waals surface area contributed by atoms with Crippen LogP contribution < -0.4 is 5.73 Å². The minimum Gasteiger partial charge on any atom is -0.396 e. The zero-order valence-electron chi connectivity index (χ0n) is 10.4. The van der Waals surface area contributed by atoms with Crippen molar-refractivity contribution in [3.05, 3.63) is 42.2 Å². The van der Waals surface area contributed by atoms with Crippen LogP contribution >= 0.6 is 0 Å². The van der Waals surface area contributed by atoms with Gasteiger partial charge in [0.2, 0.25) is 0 Å². The van der Waals surface area contributed by atoms with Crippen molar-refractivity contribution in [1.82, 2.24) is 14.8 Å². The van der Waals surface area contributed by atoms with Crippen molar-refractivity contribution in [1.29, 1.82) is 0 Å². The van der Waals surface area contributed by atoms with E-state index in [1.54, 1.807) is 10.9 Å². The van der Waals surface area contributed by atoms with Crippen LogP contribution in [0.1, 0.15) is 5.69 Å². The Balaban J connectivity index is 2.42. The molecule has 0 fully saturated rings. The highest BCUT2D eigenvalue weighted by Crippen LogP contribution is 2.31. The average molecular weight is 238 g/mol. The molecule has 2 heterocycles. The van der Waals surface area contributed by atoms with Gasteiger partial charge in [-0.1, -0.05) is 18.2 Å². The maximum Gasteiger partial charge on any atom is 0.0916 e. The van der Waals surface area contributed by atoms with Crippen molar-refractivity contribution >= 4 is 16.6 Å². The van der Waals surface area contributed by atoms with E-state index in [9.17, 15) is 0 Å². The number of aryl methyl sites for hydroxylation is 2. The lowest BCUT2D eigenvalue weighted by molar-refractivity contribution is 0.776. The number of hydrogen-bond acceptors (Lipinski definition) is 3. The number of rotatable bonds is 1. The molecular weight excluding hydrogens is 224 g/mol. The monoisotopic (exact) mass is 238 g/mol. The average Bonchev–Trinajstić information content (AvgIpc) is 2.68. The summed E-state index contributed by atoms with van der Waals surface area (Å²) in [4.78, 5) is 4.54. The number of aromatic nitrogens is 3. The van der Waals surface area contributed by atoms with E-state index in [0.717, 1.165) is 27.9 Å². The molecule has 0 bridgehead atoms. The van der Waals surface area contributed by atoms with Gasteiger partial charge in [-0.3, -0.25) is 9.67 Å². The third kappa shape index (κ3) is 1.54. The molecule has 2 N–H and O–H groups in total. The first kappa shape index (κ1) is 10.8. The smallest absolute Gasteiger partial charge is 0.0916 e. The zero-order valence-corrected chi connectivity index (χ0v) is 10.4. The van der Waals surface area contributed by atoms with E-state index in [-0.39, 0.29) is 0 Å². The maximum absolute atomic E-state index is 6.01. The fourth-order valence-electron chi connectivity index (χ4n) is 2.29. The molecule has 0 saturated heterocycles. The highest BCUT2D eigenvalue weighted by Gasteiger charge is 2.12. The van der Waals surface area contributed by atoms with Gasteiger partial charge in [-0.2, -0.15) is 5.10 Å². The van der Waals surface area contributed by atoms with Crippen LogP contribution in [-0.4, -0.2) is 14.8 Å². The molecule has 0 radical (unpaired) electrons. The molecule has 0 aliphatic heterocycles. The van der Waals surface area contributed by atoms with E-state index in [1.165, 1.54) is 0 Å². The summed E-state index contributed by atoms with van der Waals surface area (Å²) >= 11 is 0. The first-order valence-electron chi connectivity index (χ1n) is 5.81. The minimum atomic E-state index is 0.688. The number of para-hydroxylation sites is 1. The molecule has 1 aromatic carbocycles. The molecule has 90 valence electrons. The second-order valence-electron chi connectivity index (χ2n) is 4.40. The molecule has 2 aromatic heterocycles. The number of benzene rings is 1. The first-order chi connectivity index (χ1) is 8.66. The summed E-state index contributed by atoms with van der Waals surface area (Å²) in [6, 6.07) is 10.1. The number of nitrogens with zero attached hydrogens (tertiary/aromatic N) is 3. The second kappa shape index (κ2) is 3.84. The molecule has 18 heavy (non-hydrogen) atoms. The number of pyridine rings is 1. The summed E-state index contributed by atoms with van der Waals surface area (Å²) in [6.45, 7) is 1.99. The highest BCUT2D eigenvalue weighted by atomic mass is 15.3. The third-order valence-electron chi connectivity index (χ3n) is 3.07. The van der Waals surface area contributed by atoms with E-state index in [4.69, 9.17) is 5.73 Å². The Morgan fingerprint density at radius 2 is 2.00 bits per heavy atom. The van der Waals surface area contributed by atoms with Crippen LogP contribution in [0.2, 0.25) is 0 Å². The lowest BCUT2D eigenvalue weighted by Gasteiger charge is -2.09. The van der Waals surface area contributed by atoms with Crippen molar-refractivity contribution in [2.45, 2.75) is 6.92 Å². The largest absolute Gasteiger partial charge is 0.396 e. The number of nitrogen functional groups attached to an aromatic ring is 1. The van der Waals surface area contributed by atoms with Crippen molar-refractivity contribution in [2.24, 2.45) is 7.05 Å². The molecule has 0 atom stereocenters. The Labute approximate surface area is 105 Å². The lowest BCUT2D eigenvalue weighted by Crippen LogP contribution is -1.98. The van der Waals surface area contributed by atoms with E-state index in [0.29, 0.717) is 5.69 Å². The van der Waals surface area contributed by atoms with Crippen molar-refractivity contribution in [3.8, 4) is 11.3 Å². The van der Waals surface area contributed by atoms with Gasteiger partial charge in [0.1, 0.15) is 0 Å². The molecule has 0 aliphatic carbocycles. The topological polar surface area (TPSA) is 56.7 Å². The van der Waals surface area contributed by atoms with E-state index in [1.807, 2.05) is 32.2 Å². The molecule has 0 spiro atoms. The molecule has 3 rings (SSSR count). The number of anilines is 1. The Kier molecular flexibility index (Phi) is 2.30. The normalized spacial score (nSPS) is 11.0. The minimum absolute atomic E-state index is 0.688. The predicted octanol–water partition coefficient (Wildman–Crippen LogP) is 2.53. The standard InChI is InChI=1S/C14H14N4/c1-9-7-11(14-12(15)8-16-18(14)2)10-5-3-4-6-13(10)17-9/h3-8H,15H2,1-2H3. The van der Waals surface area contributed by atoms with Crippen LogP contribution in [0.3, 0.4) is 0 Å². The van der Waals surface area contributed by atoms with Crippen LogP contribution in [0.15, 0.2) is 36.5 Å². The van der Waals surface area contributed by atoms with Gasteiger partial charge in [-0.15, -0.1) is 0 Å². The highest BCUT2D eigenvalue weighted by molar-refractivity contribution is 5.96. The van der Waals surface area contributed by atoms with E-state index < -0.39 is 0 Å². The molecule has 0 aliphatic rings. The number of fused-ring (bicyclic) bond motifs is 1. The van der Waals surface area contributed by atoms with E-state index in [2.05, 4.69) is 22.2 Å². The summed E-state index contributed by atoms with van der Waals surface area (Å²) < 4.78 is 1.80. The lowest BCUT2D eigenvalue weighted by atomic mass is 10.0. The van der Waals surface area contributed by atoms with Gasteiger partial charge in [0, 0.05) is 23.7 Å². The van der Waals surface area contributed by atoms with Gasteiger partial charge in [0.05, 0.1) is 23.1 Å². The quantitative estimate of drug-likeness (QED) is 0.708. The van der Waals surface area contributed by atoms with Gasteiger partial charge in [-0.05, 0) is 19.1 Å². The molecule has 0 saturated carbocycles. The van der Waals surface area contributed by atoms with Crippen molar-refractivity contribution in [3.63, 3.8) is 0 Å². The Bertz CT molecular complexity index is 708. The summed E-state index contributed by atoms with van der Waals surface area (Å²) in [5, 5.41) is 5.30. The maximum atomic E-state index is 6.01. The van der Waals surface area contributed by atoms with Crippen LogP contribution in [-0.2, 0) is 7.05 Å². The van der Waals surface area contributed by atoms with Crippen molar-refractivity contribution < 1.29 is 0 Å². The number of hydrogen-bond donors (Lipinski definition) is 1. The number of nitrogens with two attached hydrogens (primary N) is 1. The van der Waals surface area contributed by atoms with Gasteiger partial charge in [0.25, 0.3) is 0 Å². The van der Waals surface area contributed by atoms with Gasteiger partial charge >= 0.3 is 0 Å². The summed E-state index contributed by atoms with van der Waals surface area (Å²) in [5.41, 5.74) is 10.7. The van der Waals surface area contributed by atoms with Gasteiger partial charge < -0.3 is 5.73 Å². The van der Waals surface area contributed by atoms with Crippen LogP contribution in [0, 0.1) is 6.92 Å². The fourth-order valence-corrected chi connectivity index (χ4v) is 2.29. The molecule has 0 unspecified atom stereocenters. The van der Waals surface area contributed by atoms with Crippen LogP contribution in [0.5, 0.6) is 0 Å². The van der Waals surface area contributed by atoms with E-state index >= 15 is 0 Å². The summed E-state index contributed by atoms with van der Waals surface area (Å²) in [7, 11) is 1.90. The summed E-state index contributed by atoms with van der Waals surface area (Å²) in [6.07, 6.45) is 1.68. The van der Waals surface area contributed by atoms with Crippen LogP contribution in [0.4, 0.5) is 5.69 Å². The Morgan fingerprint density at radius 3 is 2.72 bits per heavy atom. The second-order valence-corrected chi connectivity index (χ2v) is 4.40. The molecule has 4 heteroatoms. The van der Waals surface area contributed by atoms with Gasteiger partial charge in [-0.25, -0.2) is 0 Å². The fraction of sp³-hybridized carbons (Fsp3) is 0.143. The Morgan fingerprint density at radius 1 is 1.22 bits per heavy atom. The molecule has 3 aromatic rings. The molecule has 4 nitrogen and oxygen atoms in total. The predicted molar refractivity (Wildman–Crippen MR) is 73.1 cm³/mol. The SMILES string of the molecule is Cc1cc(-c2c(N)cnn2C)c2ccccc2n1. The molecule has 0 amide bonds. The van der Waals surface area contributed by atoms with Gasteiger partial charge in [0.15, 0.2) is 0 Å². The third-order valence-corrected chi connectivity index (χ3v) is 3.07. The zero-order chi connectivity index (χ0) is 12.7. The van der Waals surface area contributed by atoms with Crippen LogP contribution in [0.25, 0.3) is 22.2 Å². The Hall–Kier alpha value is -2.36. The summed E-state index contributed by atoms with van der Waals surface area (Å²) in [5.74, 6) is 0. The van der Waals surface area contributed by atoms with Crippen molar-refractivity contribution in [2.75, 3.05) is 5.73 Å².